The summed E-state index contributed by atoms with van der Waals surface area (Å²) in [7, 11) is 0. The number of hydrogen-bond acceptors (Lipinski definition) is 4. The number of fused-ring (bicyclic) bond motifs is 1. The molecule has 24 heavy (non-hydrogen) atoms. The van der Waals surface area contributed by atoms with Crippen LogP contribution in [0.3, 0.4) is 0 Å². The molecular weight excluding hydrogens is 320 g/mol. The Balaban J connectivity index is 1.91. The SMILES string of the molecule is O=[N+]([O-])c1ccccc1-c1cccc2nc(C3=CCCC=C3)sc12. The second-order valence-electron chi connectivity index (χ2n) is 5.59. The number of benzene rings is 2. The number of rotatable bonds is 3. The van der Waals surface area contributed by atoms with Gasteiger partial charge in [-0.05, 0) is 25.0 Å². The van der Waals surface area contributed by atoms with E-state index in [9.17, 15) is 10.1 Å². The van der Waals surface area contributed by atoms with Crippen LogP contribution >= 0.6 is 11.3 Å². The fourth-order valence-corrected chi connectivity index (χ4v) is 4.03. The van der Waals surface area contributed by atoms with Crippen molar-refractivity contribution in [2.75, 3.05) is 0 Å². The van der Waals surface area contributed by atoms with Crippen LogP contribution in [-0.4, -0.2) is 9.91 Å². The third-order valence-electron chi connectivity index (χ3n) is 4.05. The lowest BCUT2D eigenvalue weighted by molar-refractivity contribution is -0.384. The van der Waals surface area contributed by atoms with Gasteiger partial charge in [0.25, 0.3) is 5.69 Å². The maximum absolute atomic E-state index is 11.4. The summed E-state index contributed by atoms with van der Waals surface area (Å²) < 4.78 is 0.988. The third kappa shape index (κ3) is 2.53. The summed E-state index contributed by atoms with van der Waals surface area (Å²) in [5.41, 5.74) is 3.64. The summed E-state index contributed by atoms with van der Waals surface area (Å²) >= 11 is 1.59. The van der Waals surface area contributed by atoms with Crippen molar-refractivity contribution in [1.82, 2.24) is 4.98 Å². The fourth-order valence-electron chi connectivity index (χ4n) is 2.92. The molecule has 4 rings (SSSR count). The molecular formula is C19H14N2O2S. The van der Waals surface area contributed by atoms with E-state index in [1.54, 1.807) is 29.5 Å². The molecule has 0 spiro atoms. The molecule has 0 radical (unpaired) electrons. The first kappa shape index (κ1) is 14.8. The van der Waals surface area contributed by atoms with Crippen LogP contribution in [0, 0.1) is 10.1 Å². The Morgan fingerprint density at radius 1 is 1.04 bits per heavy atom. The van der Waals surface area contributed by atoms with Crippen molar-refractivity contribution in [1.29, 1.82) is 0 Å². The van der Waals surface area contributed by atoms with Crippen LogP contribution in [0.5, 0.6) is 0 Å². The molecule has 0 saturated carbocycles. The van der Waals surface area contributed by atoms with Gasteiger partial charge in [-0.15, -0.1) is 11.3 Å². The van der Waals surface area contributed by atoms with E-state index in [0.29, 0.717) is 5.56 Å². The summed E-state index contributed by atoms with van der Waals surface area (Å²) in [6, 6.07) is 12.7. The summed E-state index contributed by atoms with van der Waals surface area (Å²) in [4.78, 5) is 15.8. The zero-order chi connectivity index (χ0) is 16.5. The maximum Gasteiger partial charge on any atom is 0.277 e. The fraction of sp³-hybridized carbons (Fsp3) is 0.105. The summed E-state index contributed by atoms with van der Waals surface area (Å²) in [6.45, 7) is 0. The average molecular weight is 334 g/mol. The van der Waals surface area contributed by atoms with Crippen LogP contribution in [0.1, 0.15) is 17.8 Å². The molecule has 0 saturated heterocycles. The summed E-state index contributed by atoms with van der Waals surface area (Å²) in [5.74, 6) is 0. The van der Waals surface area contributed by atoms with Gasteiger partial charge in [0.2, 0.25) is 0 Å². The monoisotopic (exact) mass is 334 g/mol. The molecule has 1 aliphatic rings. The van der Waals surface area contributed by atoms with Gasteiger partial charge in [0.15, 0.2) is 0 Å². The van der Waals surface area contributed by atoms with Crippen molar-refractivity contribution in [3.8, 4) is 11.1 Å². The zero-order valence-corrected chi connectivity index (χ0v) is 13.6. The Bertz CT molecular complexity index is 1000. The number of para-hydroxylation sites is 1. The first-order valence-corrected chi connectivity index (χ1v) is 8.56. The van der Waals surface area contributed by atoms with Crippen molar-refractivity contribution < 1.29 is 4.92 Å². The van der Waals surface area contributed by atoms with Gasteiger partial charge in [-0.2, -0.15) is 0 Å². The zero-order valence-electron chi connectivity index (χ0n) is 12.8. The molecule has 0 amide bonds. The highest BCUT2D eigenvalue weighted by Gasteiger charge is 2.18. The molecule has 0 fully saturated rings. The van der Waals surface area contributed by atoms with E-state index in [1.165, 1.54) is 0 Å². The molecule has 0 aliphatic heterocycles. The Kier molecular flexibility index (Phi) is 3.70. The molecule has 4 nitrogen and oxygen atoms in total. The van der Waals surface area contributed by atoms with E-state index in [2.05, 4.69) is 18.2 Å². The Morgan fingerprint density at radius 3 is 2.67 bits per heavy atom. The van der Waals surface area contributed by atoms with Crippen LogP contribution < -0.4 is 0 Å². The minimum atomic E-state index is -0.331. The van der Waals surface area contributed by atoms with E-state index in [0.717, 1.165) is 39.2 Å². The molecule has 2 aromatic carbocycles. The van der Waals surface area contributed by atoms with Gasteiger partial charge in [0.1, 0.15) is 5.01 Å². The topological polar surface area (TPSA) is 56.0 Å². The normalized spacial score (nSPS) is 13.9. The maximum atomic E-state index is 11.4. The molecule has 0 N–H and O–H groups in total. The van der Waals surface area contributed by atoms with Crippen molar-refractivity contribution in [3.63, 3.8) is 0 Å². The number of allylic oxidation sites excluding steroid dienone is 4. The van der Waals surface area contributed by atoms with Gasteiger partial charge < -0.3 is 0 Å². The molecule has 1 aromatic heterocycles. The van der Waals surface area contributed by atoms with Gasteiger partial charge in [0.05, 0.1) is 20.7 Å². The van der Waals surface area contributed by atoms with Crippen molar-refractivity contribution in [2.45, 2.75) is 12.8 Å². The standard InChI is InChI=1S/C19H14N2O2S/c22-21(23)17-12-5-4-9-14(17)15-10-6-11-16-18(15)24-19(20-16)13-7-2-1-3-8-13/h2,4-12H,1,3H2. The predicted molar refractivity (Wildman–Crippen MR) is 98.1 cm³/mol. The van der Waals surface area contributed by atoms with Gasteiger partial charge in [0, 0.05) is 17.2 Å². The minimum Gasteiger partial charge on any atom is -0.258 e. The molecule has 118 valence electrons. The van der Waals surface area contributed by atoms with E-state index in [-0.39, 0.29) is 10.6 Å². The lowest BCUT2D eigenvalue weighted by Crippen LogP contribution is -1.91. The molecule has 0 unspecified atom stereocenters. The number of nitro benzene ring substituents is 1. The number of aromatic nitrogens is 1. The van der Waals surface area contributed by atoms with Crippen LogP contribution in [0.2, 0.25) is 0 Å². The van der Waals surface area contributed by atoms with E-state index < -0.39 is 0 Å². The predicted octanol–water partition coefficient (Wildman–Crippen LogP) is 5.60. The molecule has 0 atom stereocenters. The largest absolute Gasteiger partial charge is 0.277 e. The number of thiazole rings is 1. The molecule has 1 heterocycles. The molecule has 3 aromatic rings. The number of hydrogen-bond donors (Lipinski definition) is 0. The molecule has 5 heteroatoms. The van der Waals surface area contributed by atoms with Gasteiger partial charge in [-0.1, -0.05) is 42.5 Å². The highest BCUT2D eigenvalue weighted by atomic mass is 32.1. The Labute approximate surface area is 142 Å². The lowest BCUT2D eigenvalue weighted by Gasteiger charge is -2.04. The minimum absolute atomic E-state index is 0.122. The van der Waals surface area contributed by atoms with Crippen LogP contribution in [-0.2, 0) is 0 Å². The first-order valence-electron chi connectivity index (χ1n) is 7.74. The van der Waals surface area contributed by atoms with Crippen LogP contribution in [0.4, 0.5) is 5.69 Å². The van der Waals surface area contributed by atoms with Gasteiger partial charge in [-0.25, -0.2) is 4.98 Å². The van der Waals surface area contributed by atoms with E-state index >= 15 is 0 Å². The van der Waals surface area contributed by atoms with E-state index in [1.807, 2.05) is 24.3 Å². The van der Waals surface area contributed by atoms with Crippen LogP contribution in [0.25, 0.3) is 26.9 Å². The Hall–Kier alpha value is -2.79. The molecule has 1 aliphatic carbocycles. The van der Waals surface area contributed by atoms with E-state index in [4.69, 9.17) is 4.98 Å². The van der Waals surface area contributed by atoms with Crippen molar-refractivity contribution >= 4 is 32.8 Å². The van der Waals surface area contributed by atoms with Gasteiger partial charge >= 0.3 is 0 Å². The van der Waals surface area contributed by atoms with Crippen molar-refractivity contribution in [3.05, 3.63) is 75.8 Å². The highest BCUT2D eigenvalue weighted by Crippen LogP contribution is 2.39. The third-order valence-corrected chi connectivity index (χ3v) is 5.20. The smallest absolute Gasteiger partial charge is 0.258 e. The quantitative estimate of drug-likeness (QED) is 0.462. The second kappa shape index (κ2) is 6.02. The first-order chi connectivity index (χ1) is 11.7. The number of nitro groups is 1. The summed E-state index contributed by atoms with van der Waals surface area (Å²) in [6.07, 6.45) is 8.55. The summed E-state index contributed by atoms with van der Waals surface area (Å²) in [5, 5.41) is 12.3. The second-order valence-corrected chi connectivity index (χ2v) is 6.59. The molecule has 0 bridgehead atoms. The lowest BCUT2D eigenvalue weighted by atomic mass is 10.0. The highest BCUT2D eigenvalue weighted by molar-refractivity contribution is 7.20. The van der Waals surface area contributed by atoms with Crippen molar-refractivity contribution in [2.24, 2.45) is 0 Å². The number of nitrogens with zero attached hydrogens (tertiary/aromatic N) is 2. The average Bonchev–Trinajstić information content (AvgIpc) is 3.06. The van der Waals surface area contributed by atoms with Crippen LogP contribution in [0.15, 0.2) is 60.7 Å². The van der Waals surface area contributed by atoms with Gasteiger partial charge in [-0.3, -0.25) is 10.1 Å². The Morgan fingerprint density at radius 2 is 1.88 bits per heavy atom.